The van der Waals surface area contributed by atoms with Crippen molar-refractivity contribution in [2.45, 2.75) is 44.4 Å². The van der Waals surface area contributed by atoms with Gasteiger partial charge in [-0.15, -0.1) is 0 Å². The Labute approximate surface area is 186 Å². The molecule has 5 rings (SSSR count). The molecule has 0 spiro atoms. The van der Waals surface area contributed by atoms with Gasteiger partial charge in [0.2, 0.25) is 0 Å². The molecule has 1 aliphatic carbocycles. The Bertz CT molecular complexity index is 1290. The number of hydrogen-bond acceptors (Lipinski definition) is 7. The minimum atomic E-state index is -0.886. The highest BCUT2D eigenvalue weighted by Gasteiger charge is 2.50. The van der Waals surface area contributed by atoms with Gasteiger partial charge in [0.25, 0.3) is 0 Å². The van der Waals surface area contributed by atoms with Gasteiger partial charge in [-0.25, -0.2) is 15.0 Å². The predicted molar refractivity (Wildman–Crippen MR) is 125 cm³/mol. The molecule has 1 aromatic carbocycles. The first-order chi connectivity index (χ1) is 15.4. The Morgan fingerprint density at radius 3 is 2.81 bits per heavy atom. The van der Waals surface area contributed by atoms with Gasteiger partial charge in [0.1, 0.15) is 29.7 Å². The van der Waals surface area contributed by atoms with Crippen LogP contribution in [-0.2, 0) is 6.42 Å². The van der Waals surface area contributed by atoms with Crippen LogP contribution in [0.25, 0.3) is 21.9 Å². The van der Waals surface area contributed by atoms with Gasteiger partial charge in [0, 0.05) is 18.6 Å². The Hall–Kier alpha value is -3.23. The summed E-state index contributed by atoms with van der Waals surface area (Å²) in [5, 5.41) is 26.8. The number of fused-ring (bicyclic) bond motifs is 2. The third kappa shape index (κ3) is 3.36. The summed E-state index contributed by atoms with van der Waals surface area (Å²) < 4.78 is 1.92. The van der Waals surface area contributed by atoms with Crippen molar-refractivity contribution < 1.29 is 10.2 Å². The number of benzene rings is 1. The van der Waals surface area contributed by atoms with Crippen molar-refractivity contribution in [2.75, 3.05) is 18.1 Å². The number of nitrogens with zero attached hydrogens (tertiary/aromatic N) is 4. The molecule has 166 valence electrons. The number of aliphatic hydroxyl groups excluding tert-OH is 2. The lowest BCUT2D eigenvalue weighted by molar-refractivity contribution is -0.0241. The summed E-state index contributed by atoms with van der Waals surface area (Å²) in [5.74, 6) is 1.25. The lowest BCUT2D eigenvalue weighted by Crippen LogP contribution is -2.35. The number of anilines is 2. The second kappa shape index (κ2) is 7.72. The van der Waals surface area contributed by atoms with Gasteiger partial charge in [-0.05, 0) is 54.5 Å². The van der Waals surface area contributed by atoms with Gasteiger partial charge in [-0.3, -0.25) is 0 Å². The maximum atomic E-state index is 11.0. The predicted octanol–water partition coefficient (Wildman–Crippen LogP) is 2.91. The van der Waals surface area contributed by atoms with Crippen LogP contribution in [0.4, 0.5) is 11.6 Å². The van der Waals surface area contributed by atoms with Crippen LogP contribution in [0.3, 0.4) is 0 Å². The van der Waals surface area contributed by atoms with Crippen LogP contribution in [0, 0.1) is 5.41 Å². The van der Waals surface area contributed by atoms with E-state index in [4.69, 9.17) is 5.73 Å². The number of nitrogens with one attached hydrogen (secondary N) is 1. The van der Waals surface area contributed by atoms with Crippen LogP contribution in [0.1, 0.15) is 31.4 Å². The summed E-state index contributed by atoms with van der Waals surface area (Å²) in [6.07, 6.45) is 3.75. The SMILES string of the molecule is CNc1ccc2ccc(CC[C@@]3(C)C[C@@H](n4ccc5c(N)ncnc54)[C@H](O)[C@@H]3O)cc2n1. The van der Waals surface area contributed by atoms with E-state index >= 15 is 0 Å². The summed E-state index contributed by atoms with van der Waals surface area (Å²) in [6, 6.07) is 11.9. The molecular formula is C24H28N6O2. The van der Waals surface area contributed by atoms with Gasteiger partial charge in [-0.1, -0.05) is 19.1 Å². The molecule has 5 N–H and O–H groups in total. The molecule has 0 saturated heterocycles. The van der Waals surface area contributed by atoms with Crippen LogP contribution in [0.5, 0.6) is 0 Å². The smallest absolute Gasteiger partial charge is 0.145 e. The Morgan fingerprint density at radius 2 is 2.00 bits per heavy atom. The maximum Gasteiger partial charge on any atom is 0.145 e. The molecule has 1 fully saturated rings. The van der Waals surface area contributed by atoms with E-state index in [0.717, 1.165) is 40.5 Å². The minimum absolute atomic E-state index is 0.279. The molecule has 3 aromatic heterocycles. The van der Waals surface area contributed by atoms with E-state index in [1.165, 1.54) is 6.33 Å². The highest BCUT2D eigenvalue weighted by molar-refractivity contribution is 5.86. The third-order valence-electron chi connectivity index (χ3n) is 7.00. The van der Waals surface area contributed by atoms with E-state index in [1.54, 1.807) is 0 Å². The summed E-state index contributed by atoms with van der Waals surface area (Å²) in [6.45, 7) is 2.05. The van der Waals surface area contributed by atoms with Crippen molar-refractivity contribution in [3.8, 4) is 0 Å². The molecule has 0 amide bonds. The molecular weight excluding hydrogens is 404 g/mol. The first-order valence-electron chi connectivity index (χ1n) is 10.9. The third-order valence-corrected chi connectivity index (χ3v) is 7.00. The Kier molecular flexibility index (Phi) is 4.98. The van der Waals surface area contributed by atoms with Crippen LogP contribution in [0.2, 0.25) is 0 Å². The van der Waals surface area contributed by atoms with Crippen molar-refractivity contribution in [3.63, 3.8) is 0 Å². The highest BCUT2D eigenvalue weighted by Crippen LogP contribution is 2.48. The van der Waals surface area contributed by atoms with E-state index < -0.39 is 17.6 Å². The Balaban J connectivity index is 1.38. The number of nitrogen functional groups attached to an aromatic ring is 1. The average molecular weight is 433 g/mol. The van der Waals surface area contributed by atoms with E-state index in [2.05, 4.69) is 44.5 Å². The number of pyridine rings is 1. The molecule has 0 unspecified atom stereocenters. The molecule has 0 aliphatic heterocycles. The number of hydrogen-bond donors (Lipinski definition) is 4. The highest BCUT2D eigenvalue weighted by atomic mass is 16.3. The normalized spacial score (nSPS) is 25.6. The molecule has 32 heavy (non-hydrogen) atoms. The molecule has 8 heteroatoms. The van der Waals surface area contributed by atoms with E-state index in [9.17, 15) is 10.2 Å². The van der Waals surface area contributed by atoms with Crippen LogP contribution < -0.4 is 11.1 Å². The zero-order chi connectivity index (χ0) is 22.5. The number of aryl methyl sites for hydroxylation is 1. The topological polar surface area (TPSA) is 122 Å². The summed E-state index contributed by atoms with van der Waals surface area (Å²) in [4.78, 5) is 13.0. The van der Waals surface area contributed by atoms with Crippen molar-refractivity contribution in [1.82, 2.24) is 19.5 Å². The number of nitrogens with two attached hydrogens (primary N) is 1. The van der Waals surface area contributed by atoms with Gasteiger partial charge in [0.05, 0.1) is 23.0 Å². The largest absolute Gasteiger partial charge is 0.390 e. The minimum Gasteiger partial charge on any atom is -0.390 e. The summed E-state index contributed by atoms with van der Waals surface area (Å²) in [5.41, 5.74) is 8.32. The molecule has 0 bridgehead atoms. The number of rotatable bonds is 5. The van der Waals surface area contributed by atoms with Gasteiger partial charge < -0.3 is 25.8 Å². The van der Waals surface area contributed by atoms with Crippen molar-refractivity contribution >= 4 is 33.6 Å². The summed E-state index contributed by atoms with van der Waals surface area (Å²) in [7, 11) is 1.86. The second-order valence-electron chi connectivity index (χ2n) is 9.05. The van der Waals surface area contributed by atoms with E-state index in [0.29, 0.717) is 17.9 Å². The number of aliphatic hydroxyl groups is 2. The second-order valence-corrected chi connectivity index (χ2v) is 9.05. The van der Waals surface area contributed by atoms with Gasteiger partial charge in [0.15, 0.2) is 0 Å². The first kappa shape index (κ1) is 20.7. The summed E-state index contributed by atoms with van der Waals surface area (Å²) >= 11 is 0. The molecule has 3 heterocycles. The van der Waals surface area contributed by atoms with Crippen molar-refractivity contribution in [3.05, 3.63) is 54.5 Å². The lowest BCUT2D eigenvalue weighted by atomic mass is 9.80. The van der Waals surface area contributed by atoms with Crippen LogP contribution in [0.15, 0.2) is 48.9 Å². The molecule has 1 aliphatic rings. The van der Waals surface area contributed by atoms with Gasteiger partial charge >= 0.3 is 0 Å². The maximum absolute atomic E-state index is 11.0. The first-order valence-corrected chi connectivity index (χ1v) is 10.9. The van der Waals surface area contributed by atoms with E-state index in [1.807, 2.05) is 36.9 Å². The molecule has 0 radical (unpaired) electrons. The van der Waals surface area contributed by atoms with Crippen molar-refractivity contribution in [2.24, 2.45) is 5.41 Å². The average Bonchev–Trinajstić information content (AvgIpc) is 3.33. The monoisotopic (exact) mass is 432 g/mol. The standard InChI is InChI=1S/C24H28N6O2/c1-24(9-7-14-3-4-15-5-6-19(26-2)29-17(15)11-14)12-18(20(31)21(24)32)30-10-8-16-22(25)27-13-28-23(16)30/h3-6,8,10-11,13,18,20-21,31-32H,7,9,12H2,1-2H3,(H,26,29)(H2,25,27,28)/t18-,20+,21+,24+/m1/s1. The van der Waals surface area contributed by atoms with Gasteiger partial charge in [-0.2, -0.15) is 0 Å². The number of aromatic nitrogens is 4. The zero-order valence-electron chi connectivity index (χ0n) is 18.2. The quantitative estimate of drug-likeness (QED) is 0.382. The fourth-order valence-corrected chi connectivity index (χ4v) is 5.00. The fraction of sp³-hybridized carbons (Fsp3) is 0.375. The Morgan fingerprint density at radius 1 is 1.19 bits per heavy atom. The fourth-order valence-electron chi connectivity index (χ4n) is 5.00. The van der Waals surface area contributed by atoms with Crippen LogP contribution >= 0.6 is 0 Å². The molecule has 8 nitrogen and oxygen atoms in total. The van der Waals surface area contributed by atoms with Crippen LogP contribution in [-0.4, -0.2) is 49.0 Å². The molecule has 4 aromatic rings. The zero-order valence-corrected chi connectivity index (χ0v) is 18.2. The van der Waals surface area contributed by atoms with Crippen molar-refractivity contribution in [1.29, 1.82) is 0 Å². The molecule has 1 saturated carbocycles. The molecule has 4 atom stereocenters. The lowest BCUT2D eigenvalue weighted by Gasteiger charge is -2.28. The van der Waals surface area contributed by atoms with E-state index in [-0.39, 0.29) is 6.04 Å².